The number of benzene rings is 1. The van der Waals surface area contributed by atoms with E-state index in [1.165, 1.54) is 0 Å². The van der Waals surface area contributed by atoms with Gasteiger partial charge < -0.3 is 14.7 Å². The molecule has 0 saturated carbocycles. The van der Waals surface area contributed by atoms with Crippen molar-refractivity contribution < 1.29 is 14.6 Å². The minimum atomic E-state index is -0.629. The Hall–Kier alpha value is -1.59. The number of likely N-dealkylation sites (N-methyl/N-ethyl adjacent to an activating group) is 2. The third-order valence-corrected chi connectivity index (χ3v) is 3.41. The molecule has 5 nitrogen and oxygen atoms in total. The summed E-state index contributed by atoms with van der Waals surface area (Å²) in [5.74, 6) is 0.799. The van der Waals surface area contributed by atoms with Crippen molar-refractivity contribution in [1.29, 1.82) is 0 Å². The highest BCUT2D eigenvalue weighted by atomic mass is 16.5. The molecular formula is C17H28N2O3. The Morgan fingerprint density at radius 3 is 2.32 bits per heavy atom. The van der Waals surface area contributed by atoms with Gasteiger partial charge in [-0.3, -0.25) is 9.69 Å². The molecule has 0 fully saturated rings. The van der Waals surface area contributed by atoms with Crippen molar-refractivity contribution in [2.24, 2.45) is 0 Å². The van der Waals surface area contributed by atoms with Crippen LogP contribution >= 0.6 is 0 Å². The zero-order valence-corrected chi connectivity index (χ0v) is 14.3. The van der Waals surface area contributed by atoms with Gasteiger partial charge in [-0.1, -0.05) is 13.0 Å². The van der Waals surface area contributed by atoms with Gasteiger partial charge in [0.2, 0.25) is 5.91 Å². The zero-order valence-electron chi connectivity index (χ0n) is 14.3. The van der Waals surface area contributed by atoms with Crippen LogP contribution in [0.4, 0.5) is 0 Å². The minimum Gasteiger partial charge on any atom is -0.491 e. The standard InChI is InChI=1S/C17H28N2O3/c1-6-19(11-17(21)18(4)5)10-15(20)12-22-16-8-13(2)7-14(3)9-16/h7-9,15,20H,6,10-12H2,1-5H3/t15-/m1/s1. The van der Waals surface area contributed by atoms with Crippen molar-refractivity contribution in [3.05, 3.63) is 29.3 Å². The summed E-state index contributed by atoms with van der Waals surface area (Å²) < 4.78 is 5.66. The molecule has 22 heavy (non-hydrogen) atoms. The molecule has 1 aromatic rings. The van der Waals surface area contributed by atoms with E-state index in [0.717, 1.165) is 16.9 Å². The Balaban J connectivity index is 2.47. The summed E-state index contributed by atoms with van der Waals surface area (Å²) in [5, 5.41) is 10.1. The van der Waals surface area contributed by atoms with Gasteiger partial charge in [0, 0.05) is 20.6 Å². The monoisotopic (exact) mass is 308 g/mol. The van der Waals surface area contributed by atoms with Crippen molar-refractivity contribution in [3.8, 4) is 5.75 Å². The summed E-state index contributed by atoms with van der Waals surface area (Å²) in [6, 6.07) is 5.98. The smallest absolute Gasteiger partial charge is 0.236 e. The highest BCUT2D eigenvalue weighted by Crippen LogP contribution is 2.16. The van der Waals surface area contributed by atoms with Gasteiger partial charge >= 0.3 is 0 Å². The maximum atomic E-state index is 11.7. The van der Waals surface area contributed by atoms with Gasteiger partial charge in [-0.15, -0.1) is 0 Å². The molecule has 0 spiro atoms. The molecule has 0 heterocycles. The molecule has 0 aromatic heterocycles. The van der Waals surface area contributed by atoms with Gasteiger partial charge in [-0.25, -0.2) is 0 Å². The third kappa shape index (κ3) is 6.45. The first kappa shape index (κ1) is 18.5. The van der Waals surface area contributed by atoms with Crippen LogP contribution in [0.3, 0.4) is 0 Å². The van der Waals surface area contributed by atoms with Crippen LogP contribution in [0.1, 0.15) is 18.1 Å². The van der Waals surface area contributed by atoms with Gasteiger partial charge in [-0.2, -0.15) is 0 Å². The second kappa shape index (κ2) is 8.76. The summed E-state index contributed by atoms with van der Waals surface area (Å²) in [6.07, 6.45) is -0.629. The number of carbonyl (C=O) groups is 1. The lowest BCUT2D eigenvalue weighted by Gasteiger charge is -2.24. The fraction of sp³-hybridized carbons (Fsp3) is 0.588. The first-order chi connectivity index (χ1) is 10.3. The van der Waals surface area contributed by atoms with Gasteiger partial charge in [-0.05, 0) is 43.7 Å². The molecule has 0 unspecified atom stereocenters. The molecule has 0 aliphatic heterocycles. The molecule has 1 amide bonds. The van der Waals surface area contributed by atoms with Crippen LogP contribution in [0.2, 0.25) is 0 Å². The number of aliphatic hydroxyl groups excluding tert-OH is 1. The number of nitrogens with zero attached hydrogens (tertiary/aromatic N) is 2. The van der Waals surface area contributed by atoms with Crippen molar-refractivity contribution in [3.63, 3.8) is 0 Å². The van der Waals surface area contributed by atoms with Crippen LogP contribution in [-0.4, -0.2) is 67.3 Å². The fourth-order valence-corrected chi connectivity index (χ4v) is 2.20. The van der Waals surface area contributed by atoms with E-state index in [1.807, 2.05) is 37.8 Å². The van der Waals surface area contributed by atoms with Gasteiger partial charge in [0.05, 0.1) is 6.54 Å². The van der Waals surface area contributed by atoms with Crippen LogP contribution in [-0.2, 0) is 4.79 Å². The van der Waals surface area contributed by atoms with E-state index in [9.17, 15) is 9.90 Å². The van der Waals surface area contributed by atoms with E-state index < -0.39 is 6.10 Å². The largest absolute Gasteiger partial charge is 0.491 e. The predicted molar refractivity (Wildman–Crippen MR) is 88.2 cm³/mol. The van der Waals surface area contributed by atoms with E-state index in [4.69, 9.17) is 4.74 Å². The van der Waals surface area contributed by atoms with E-state index in [0.29, 0.717) is 19.6 Å². The van der Waals surface area contributed by atoms with Crippen LogP contribution < -0.4 is 4.74 Å². The summed E-state index contributed by atoms with van der Waals surface area (Å²) in [6.45, 7) is 7.66. The van der Waals surface area contributed by atoms with Crippen molar-refractivity contribution in [2.45, 2.75) is 26.9 Å². The number of ether oxygens (including phenoxy) is 1. The second-order valence-electron chi connectivity index (χ2n) is 5.90. The summed E-state index contributed by atoms with van der Waals surface area (Å²) in [5.41, 5.74) is 2.27. The van der Waals surface area contributed by atoms with Crippen LogP contribution in [0.25, 0.3) is 0 Å². The Kier molecular flexibility index (Phi) is 7.35. The normalized spacial score (nSPS) is 12.3. The molecule has 0 aliphatic carbocycles. The van der Waals surface area contributed by atoms with Crippen molar-refractivity contribution in [1.82, 2.24) is 9.80 Å². The Bertz CT molecular complexity index is 469. The van der Waals surface area contributed by atoms with Crippen LogP contribution in [0, 0.1) is 13.8 Å². The van der Waals surface area contributed by atoms with Gasteiger partial charge in [0.25, 0.3) is 0 Å². The molecule has 1 N–H and O–H groups in total. The second-order valence-corrected chi connectivity index (χ2v) is 5.90. The molecule has 0 bridgehead atoms. The first-order valence-electron chi connectivity index (χ1n) is 7.63. The Morgan fingerprint density at radius 1 is 1.23 bits per heavy atom. The topological polar surface area (TPSA) is 53.0 Å². The van der Waals surface area contributed by atoms with E-state index in [-0.39, 0.29) is 12.5 Å². The number of rotatable bonds is 8. The molecule has 5 heteroatoms. The van der Waals surface area contributed by atoms with E-state index in [1.54, 1.807) is 19.0 Å². The van der Waals surface area contributed by atoms with Crippen LogP contribution in [0.5, 0.6) is 5.75 Å². The Labute approximate surface area is 133 Å². The molecular weight excluding hydrogens is 280 g/mol. The molecule has 1 rings (SSSR count). The summed E-state index contributed by atoms with van der Waals surface area (Å²) in [4.78, 5) is 15.2. The SMILES string of the molecule is CCN(CC(=O)N(C)C)C[C@@H](O)COc1cc(C)cc(C)c1. The number of hydrogen-bond donors (Lipinski definition) is 1. The molecule has 1 aromatic carbocycles. The summed E-state index contributed by atoms with van der Waals surface area (Å²) in [7, 11) is 3.46. The molecule has 0 radical (unpaired) electrons. The lowest BCUT2D eigenvalue weighted by Crippen LogP contribution is -2.41. The molecule has 1 atom stereocenters. The summed E-state index contributed by atoms with van der Waals surface area (Å²) >= 11 is 0. The number of amides is 1. The maximum absolute atomic E-state index is 11.7. The zero-order chi connectivity index (χ0) is 16.7. The first-order valence-corrected chi connectivity index (χ1v) is 7.63. The Morgan fingerprint density at radius 2 is 1.82 bits per heavy atom. The molecule has 124 valence electrons. The maximum Gasteiger partial charge on any atom is 0.236 e. The van der Waals surface area contributed by atoms with Gasteiger partial charge in [0.15, 0.2) is 0 Å². The van der Waals surface area contributed by atoms with E-state index >= 15 is 0 Å². The lowest BCUT2D eigenvalue weighted by atomic mass is 10.1. The van der Waals surface area contributed by atoms with Crippen molar-refractivity contribution >= 4 is 5.91 Å². The quantitative estimate of drug-likeness (QED) is 0.790. The van der Waals surface area contributed by atoms with Crippen LogP contribution in [0.15, 0.2) is 18.2 Å². The fourth-order valence-electron chi connectivity index (χ4n) is 2.20. The lowest BCUT2D eigenvalue weighted by molar-refractivity contribution is -0.130. The molecule has 0 saturated heterocycles. The third-order valence-electron chi connectivity index (χ3n) is 3.41. The number of hydrogen-bond acceptors (Lipinski definition) is 4. The molecule has 0 aliphatic rings. The average Bonchev–Trinajstić information content (AvgIpc) is 2.43. The van der Waals surface area contributed by atoms with E-state index in [2.05, 4.69) is 6.07 Å². The number of aliphatic hydroxyl groups is 1. The van der Waals surface area contributed by atoms with Crippen molar-refractivity contribution in [2.75, 3.05) is 40.3 Å². The van der Waals surface area contributed by atoms with Gasteiger partial charge in [0.1, 0.15) is 18.5 Å². The highest BCUT2D eigenvalue weighted by molar-refractivity contribution is 5.77. The highest BCUT2D eigenvalue weighted by Gasteiger charge is 2.15. The predicted octanol–water partition coefficient (Wildman–Crippen LogP) is 1.45. The number of carbonyl (C=O) groups excluding carboxylic acids is 1. The minimum absolute atomic E-state index is 0.0317. The average molecular weight is 308 g/mol. The number of aryl methyl sites for hydroxylation is 2.